The van der Waals surface area contributed by atoms with Crippen LogP contribution in [0.4, 0.5) is 0 Å². The van der Waals surface area contributed by atoms with Crippen LogP contribution < -0.4 is 0 Å². The molecule has 1 aromatic carbocycles. The average molecular weight is 335 g/mol. The van der Waals surface area contributed by atoms with Crippen LogP contribution in [0.1, 0.15) is 32.4 Å². The summed E-state index contributed by atoms with van der Waals surface area (Å²) < 4.78 is 0.906. The van der Waals surface area contributed by atoms with Crippen LogP contribution in [-0.2, 0) is 4.79 Å². The van der Waals surface area contributed by atoms with Gasteiger partial charge < -0.3 is 5.11 Å². The molecule has 18 heavy (non-hydrogen) atoms. The highest BCUT2D eigenvalue weighted by Crippen LogP contribution is 2.32. The number of carboxylic acid groups (broad SMARTS) is 1. The lowest BCUT2D eigenvalue weighted by Gasteiger charge is -2.36. The number of rotatable bonds is 4. The van der Waals surface area contributed by atoms with E-state index in [1.807, 2.05) is 25.1 Å². The van der Waals surface area contributed by atoms with E-state index in [-0.39, 0.29) is 6.04 Å². The molecule has 0 aromatic heterocycles. The maximum Gasteiger partial charge on any atom is 0.323 e. The highest BCUT2D eigenvalue weighted by Gasteiger charge is 2.35. The number of carboxylic acids is 1. The zero-order chi connectivity index (χ0) is 14.1. The van der Waals surface area contributed by atoms with Gasteiger partial charge in [-0.25, -0.2) is 0 Å². The molecule has 0 saturated heterocycles. The first-order chi connectivity index (χ1) is 8.17. The fourth-order valence-electron chi connectivity index (χ4n) is 1.68. The average Bonchev–Trinajstić information content (AvgIpc) is 2.26. The summed E-state index contributed by atoms with van der Waals surface area (Å²) in [7, 11) is 1.79. The van der Waals surface area contributed by atoms with E-state index in [0.29, 0.717) is 5.02 Å². The van der Waals surface area contributed by atoms with Crippen LogP contribution in [-0.4, -0.2) is 28.6 Å². The molecule has 1 rings (SSSR count). The maximum absolute atomic E-state index is 11.3. The van der Waals surface area contributed by atoms with Gasteiger partial charge in [0.25, 0.3) is 0 Å². The van der Waals surface area contributed by atoms with Crippen LogP contribution in [0.2, 0.25) is 5.02 Å². The van der Waals surface area contributed by atoms with Crippen molar-refractivity contribution in [1.82, 2.24) is 4.90 Å². The second kappa shape index (κ2) is 5.59. The number of benzene rings is 1. The summed E-state index contributed by atoms with van der Waals surface area (Å²) in [5.41, 5.74) is -0.0350. The van der Waals surface area contributed by atoms with Crippen LogP contribution >= 0.6 is 27.5 Å². The lowest BCUT2D eigenvalue weighted by molar-refractivity contribution is -0.149. The first kappa shape index (κ1) is 15.5. The van der Waals surface area contributed by atoms with Crippen molar-refractivity contribution in [2.75, 3.05) is 7.05 Å². The van der Waals surface area contributed by atoms with Crippen molar-refractivity contribution < 1.29 is 9.90 Å². The first-order valence-electron chi connectivity index (χ1n) is 5.59. The van der Waals surface area contributed by atoms with Crippen LogP contribution in [0.3, 0.4) is 0 Å². The Morgan fingerprint density at radius 2 is 2.06 bits per heavy atom. The van der Waals surface area contributed by atoms with Crippen LogP contribution in [0.25, 0.3) is 0 Å². The molecular formula is C13H17BrClNO2. The number of likely N-dealkylation sites (N-methyl/N-ethyl adjacent to an activating group) is 1. The predicted molar refractivity (Wildman–Crippen MR) is 77.0 cm³/mol. The molecule has 1 atom stereocenters. The van der Waals surface area contributed by atoms with E-state index < -0.39 is 11.5 Å². The topological polar surface area (TPSA) is 40.5 Å². The van der Waals surface area contributed by atoms with Crippen molar-refractivity contribution >= 4 is 33.5 Å². The number of carbonyl (C=O) groups is 1. The van der Waals surface area contributed by atoms with E-state index in [9.17, 15) is 9.90 Å². The molecule has 1 unspecified atom stereocenters. The van der Waals surface area contributed by atoms with E-state index in [1.54, 1.807) is 25.8 Å². The Kier molecular flexibility index (Phi) is 4.81. The van der Waals surface area contributed by atoms with Crippen molar-refractivity contribution in [2.24, 2.45) is 0 Å². The highest BCUT2D eigenvalue weighted by atomic mass is 79.9. The molecule has 1 N–H and O–H groups in total. The largest absolute Gasteiger partial charge is 0.480 e. The molecule has 0 spiro atoms. The van der Waals surface area contributed by atoms with Gasteiger partial charge in [0, 0.05) is 15.5 Å². The second-order valence-corrected chi connectivity index (χ2v) is 6.14. The summed E-state index contributed by atoms with van der Waals surface area (Å²) >= 11 is 9.55. The molecule has 0 radical (unpaired) electrons. The first-order valence-corrected chi connectivity index (χ1v) is 6.76. The smallest absolute Gasteiger partial charge is 0.323 e. The van der Waals surface area contributed by atoms with Crippen molar-refractivity contribution in [3.63, 3.8) is 0 Å². The number of hydrogen-bond donors (Lipinski definition) is 1. The third-order valence-electron chi connectivity index (χ3n) is 3.40. The molecule has 0 saturated carbocycles. The SMILES string of the molecule is CC(c1ccc(Br)cc1Cl)N(C)C(C)(C)C(=O)O. The summed E-state index contributed by atoms with van der Waals surface area (Å²) in [5.74, 6) is -0.856. The van der Waals surface area contributed by atoms with Crippen molar-refractivity contribution in [1.29, 1.82) is 0 Å². The second-order valence-electron chi connectivity index (χ2n) is 4.82. The molecule has 5 heteroatoms. The summed E-state index contributed by atoms with van der Waals surface area (Å²) in [6.45, 7) is 5.30. The van der Waals surface area contributed by atoms with Crippen LogP contribution in [0.15, 0.2) is 22.7 Å². The van der Waals surface area contributed by atoms with Crippen molar-refractivity contribution in [3.05, 3.63) is 33.3 Å². The summed E-state index contributed by atoms with van der Waals surface area (Å²) in [6.07, 6.45) is 0. The van der Waals surface area contributed by atoms with Gasteiger partial charge in [-0.2, -0.15) is 0 Å². The van der Waals surface area contributed by atoms with Gasteiger partial charge >= 0.3 is 5.97 Å². The fraction of sp³-hybridized carbons (Fsp3) is 0.462. The Labute approximate surface area is 121 Å². The Morgan fingerprint density at radius 3 is 2.50 bits per heavy atom. The Hall–Kier alpha value is -0.580. The zero-order valence-electron chi connectivity index (χ0n) is 10.9. The minimum atomic E-state index is -0.949. The van der Waals surface area contributed by atoms with Crippen molar-refractivity contribution in [2.45, 2.75) is 32.4 Å². The monoisotopic (exact) mass is 333 g/mol. The molecule has 0 bridgehead atoms. The molecular weight excluding hydrogens is 318 g/mol. The van der Waals surface area contributed by atoms with Gasteiger partial charge in [0.05, 0.1) is 0 Å². The quantitative estimate of drug-likeness (QED) is 0.906. The van der Waals surface area contributed by atoms with Crippen molar-refractivity contribution in [3.8, 4) is 0 Å². The van der Waals surface area contributed by atoms with Gasteiger partial charge in [-0.1, -0.05) is 33.6 Å². The van der Waals surface area contributed by atoms with E-state index >= 15 is 0 Å². The Bertz CT molecular complexity index is 462. The standard InChI is InChI=1S/C13H17BrClNO2/c1-8(16(4)13(2,3)12(17)18)10-6-5-9(14)7-11(10)15/h5-8H,1-4H3,(H,17,18). The minimum Gasteiger partial charge on any atom is -0.480 e. The summed E-state index contributed by atoms with van der Waals surface area (Å²) in [4.78, 5) is 13.1. The maximum atomic E-state index is 11.3. The van der Waals surface area contributed by atoms with Gasteiger partial charge in [-0.05, 0) is 45.5 Å². The Morgan fingerprint density at radius 1 is 1.50 bits per heavy atom. The zero-order valence-corrected chi connectivity index (χ0v) is 13.2. The third-order valence-corrected chi connectivity index (χ3v) is 4.22. The number of aliphatic carboxylic acids is 1. The lowest BCUT2D eigenvalue weighted by atomic mass is 9.98. The summed E-state index contributed by atoms with van der Waals surface area (Å²) in [5, 5.41) is 9.87. The van der Waals surface area contributed by atoms with E-state index in [1.165, 1.54) is 0 Å². The fourth-order valence-corrected chi connectivity index (χ4v) is 2.52. The van der Waals surface area contributed by atoms with Gasteiger partial charge in [0.1, 0.15) is 5.54 Å². The van der Waals surface area contributed by atoms with E-state index in [4.69, 9.17) is 11.6 Å². The molecule has 0 aliphatic carbocycles. The molecule has 3 nitrogen and oxygen atoms in total. The molecule has 0 amide bonds. The number of nitrogens with zero attached hydrogens (tertiary/aromatic N) is 1. The number of halogens is 2. The van der Waals surface area contributed by atoms with Crippen LogP contribution in [0.5, 0.6) is 0 Å². The molecule has 100 valence electrons. The predicted octanol–water partition coefficient (Wildman–Crippen LogP) is 3.96. The minimum absolute atomic E-state index is 0.0864. The van der Waals surface area contributed by atoms with Crippen LogP contribution in [0, 0.1) is 0 Å². The molecule has 0 fully saturated rings. The van der Waals surface area contributed by atoms with Gasteiger partial charge in [-0.15, -0.1) is 0 Å². The highest BCUT2D eigenvalue weighted by molar-refractivity contribution is 9.10. The van der Waals surface area contributed by atoms with Gasteiger partial charge in [-0.3, -0.25) is 9.69 Å². The molecule has 1 aromatic rings. The molecule has 0 aliphatic heterocycles. The normalized spacial score (nSPS) is 13.7. The van der Waals surface area contributed by atoms with Gasteiger partial charge in [0.2, 0.25) is 0 Å². The van der Waals surface area contributed by atoms with Gasteiger partial charge in [0.15, 0.2) is 0 Å². The summed E-state index contributed by atoms with van der Waals surface area (Å²) in [6, 6.07) is 5.54. The lowest BCUT2D eigenvalue weighted by Crippen LogP contribution is -2.48. The molecule has 0 heterocycles. The third kappa shape index (κ3) is 3.05. The molecule has 0 aliphatic rings. The number of hydrogen-bond acceptors (Lipinski definition) is 2. The van der Waals surface area contributed by atoms with E-state index in [0.717, 1.165) is 10.0 Å². The van der Waals surface area contributed by atoms with E-state index in [2.05, 4.69) is 15.9 Å². The Balaban J connectivity index is 3.07.